The van der Waals surface area contributed by atoms with Crippen LogP contribution in [0.25, 0.3) is 5.78 Å². The lowest BCUT2D eigenvalue weighted by molar-refractivity contribution is -0.117. The van der Waals surface area contributed by atoms with E-state index in [2.05, 4.69) is 20.3 Å². The molecule has 0 aliphatic carbocycles. The highest BCUT2D eigenvalue weighted by atomic mass is 16.5. The molecule has 9 heteroatoms. The zero-order valence-corrected chi connectivity index (χ0v) is 15.7. The third-order valence-corrected chi connectivity index (χ3v) is 4.79. The first-order chi connectivity index (χ1) is 13.6. The van der Waals surface area contributed by atoms with Gasteiger partial charge in [-0.25, -0.2) is 13.9 Å². The van der Waals surface area contributed by atoms with Gasteiger partial charge < -0.3 is 15.0 Å². The third kappa shape index (κ3) is 3.68. The van der Waals surface area contributed by atoms with Crippen molar-refractivity contribution in [3.05, 3.63) is 47.0 Å². The zero-order chi connectivity index (χ0) is 19.5. The molecule has 0 radical (unpaired) electrons. The lowest BCUT2D eigenvalue weighted by Gasteiger charge is -2.27. The van der Waals surface area contributed by atoms with Crippen molar-refractivity contribution in [2.45, 2.75) is 25.8 Å². The Bertz CT molecular complexity index is 1030. The van der Waals surface area contributed by atoms with Crippen LogP contribution >= 0.6 is 0 Å². The molecule has 1 aliphatic rings. The summed E-state index contributed by atoms with van der Waals surface area (Å²) in [5.74, 6) is 1.47. The molecule has 1 N–H and O–H groups in total. The van der Waals surface area contributed by atoms with E-state index < -0.39 is 5.69 Å². The van der Waals surface area contributed by atoms with Gasteiger partial charge in [0.1, 0.15) is 18.1 Å². The fourth-order valence-corrected chi connectivity index (χ4v) is 3.31. The molecule has 0 spiro atoms. The summed E-state index contributed by atoms with van der Waals surface area (Å²) in [4.78, 5) is 31.5. The highest BCUT2D eigenvalue weighted by molar-refractivity contribution is 5.90. The van der Waals surface area contributed by atoms with Gasteiger partial charge >= 0.3 is 5.69 Å². The predicted octanol–water partition coefficient (Wildman–Crippen LogP) is 1.53. The van der Waals surface area contributed by atoms with Crippen LogP contribution in [-0.2, 0) is 11.3 Å². The van der Waals surface area contributed by atoms with E-state index in [1.54, 1.807) is 37.6 Å². The van der Waals surface area contributed by atoms with Gasteiger partial charge in [-0.3, -0.25) is 4.79 Å². The summed E-state index contributed by atoms with van der Waals surface area (Å²) in [6.45, 7) is 1.73. The quantitative estimate of drug-likeness (QED) is 0.719. The molecule has 1 aromatic carbocycles. The SMILES string of the molecule is COc1ccc(NC(=O)Cn2nc3nc(N4CCCCC4)ccn3c2=O)cc1. The molecule has 4 rings (SSSR count). The van der Waals surface area contributed by atoms with Gasteiger partial charge in [-0.15, -0.1) is 5.10 Å². The first-order valence-corrected chi connectivity index (χ1v) is 9.29. The summed E-state index contributed by atoms with van der Waals surface area (Å²) in [6.07, 6.45) is 5.18. The van der Waals surface area contributed by atoms with Crippen LogP contribution in [0.5, 0.6) is 5.75 Å². The maximum atomic E-state index is 12.5. The smallest absolute Gasteiger partial charge is 0.352 e. The number of amides is 1. The fourth-order valence-electron chi connectivity index (χ4n) is 3.31. The number of nitrogens with one attached hydrogen (secondary N) is 1. The minimum Gasteiger partial charge on any atom is -0.497 e. The fraction of sp³-hybridized carbons (Fsp3) is 0.368. The van der Waals surface area contributed by atoms with E-state index in [1.165, 1.54) is 10.8 Å². The largest absolute Gasteiger partial charge is 0.497 e. The summed E-state index contributed by atoms with van der Waals surface area (Å²) < 4.78 is 7.57. The number of rotatable bonds is 5. The molecule has 28 heavy (non-hydrogen) atoms. The second-order valence-corrected chi connectivity index (χ2v) is 6.72. The Balaban J connectivity index is 1.50. The Hall–Kier alpha value is -3.36. The molecule has 0 bridgehead atoms. The molecule has 1 saturated heterocycles. The van der Waals surface area contributed by atoms with Crippen molar-refractivity contribution in [2.75, 3.05) is 30.4 Å². The van der Waals surface area contributed by atoms with Crippen LogP contribution in [0.3, 0.4) is 0 Å². The van der Waals surface area contributed by atoms with E-state index in [-0.39, 0.29) is 12.5 Å². The molecular formula is C19H22N6O3. The average molecular weight is 382 g/mol. The first kappa shape index (κ1) is 18.0. The van der Waals surface area contributed by atoms with Crippen molar-refractivity contribution in [1.29, 1.82) is 0 Å². The number of nitrogens with zero attached hydrogens (tertiary/aromatic N) is 5. The van der Waals surface area contributed by atoms with E-state index in [9.17, 15) is 9.59 Å². The molecule has 2 aromatic heterocycles. The second kappa shape index (κ2) is 7.71. The standard InChI is InChI=1S/C19H22N6O3/c1-28-15-7-5-14(6-8-15)20-17(26)13-25-19(27)24-12-9-16(21-18(24)22-25)23-10-3-2-4-11-23/h5-9,12H,2-4,10-11,13H2,1H3,(H,20,26). The number of ether oxygens (including phenoxy) is 1. The summed E-state index contributed by atoms with van der Waals surface area (Å²) in [5.41, 5.74) is 0.227. The van der Waals surface area contributed by atoms with Crippen LogP contribution in [0.2, 0.25) is 0 Å². The van der Waals surface area contributed by atoms with Crippen molar-refractivity contribution in [3.63, 3.8) is 0 Å². The number of aromatic nitrogens is 4. The Kier molecular flexibility index (Phi) is 4.96. The van der Waals surface area contributed by atoms with E-state index in [1.807, 2.05) is 6.07 Å². The molecule has 0 saturated carbocycles. The number of anilines is 2. The van der Waals surface area contributed by atoms with Crippen LogP contribution in [0.15, 0.2) is 41.3 Å². The topological polar surface area (TPSA) is 93.8 Å². The van der Waals surface area contributed by atoms with Gasteiger partial charge in [0.25, 0.3) is 5.78 Å². The molecule has 146 valence electrons. The van der Waals surface area contributed by atoms with Crippen molar-refractivity contribution < 1.29 is 9.53 Å². The maximum absolute atomic E-state index is 12.5. The lowest BCUT2D eigenvalue weighted by Crippen LogP contribution is -2.30. The predicted molar refractivity (Wildman–Crippen MR) is 105 cm³/mol. The maximum Gasteiger partial charge on any atom is 0.352 e. The molecule has 3 heterocycles. The van der Waals surface area contributed by atoms with Gasteiger partial charge in [-0.2, -0.15) is 4.98 Å². The van der Waals surface area contributed by atoms with E-state index in [4.69, 9.17) is 4.74 Å². The monoisotopic (exact) mass is 382 g/mol. The number of fused-ring (bicyclic) bond motifs is 1. The zero-order valence-electron chi connectivity index (χ0n) is 15.7. The Morgan fingerprint density at radius 1 is 1.14 bits per heavy atom. The van der Waals surface area contributed by atoms with Gasteiger partial charge in [-0.05, 0) is 49.6 Å². The van der Waals surface area contributed by atoms with Gasteiger partial charge in [0.05, 0.1) is 7.11 Å². The second-order valence-electron chi connectivity index (χ2n) is 6.72. The first-order valence-electron chi connectivity index (χ1n) is 9.29. The molecular weight excluding hydrogens is 360 g/mol. The van der Waals surface area contributed by atoms with E-state index in [0.717, 1.165) is 36.4 Å². The molecule has 1 amide bonds. The molecule has 1 fully saturated rings. The normalized spacial score (nSPS) is 14.2. The third-order valence-electron chi connectivity index (χ3n) is 4.79. The summed E-state index contributed by atoms with van der Waals surface area (Å²) in [5, 5.41) is 6.97. The van der Waals surface area contributed by atoms with Crippen LogP contribution in [0.4, 0.5) is 11.5 Å². The van der Waals surface area contributed by atoms with Crippen molar-refractivity contribution >= 4 is 23.2 Å². The number of piperidine rings is 1. The van der Waals surface area contributed by atoms with E-state index >= 15 is 0 Å². The number of methoxy groups -OCH3 is 1. The minimum atomic E-state index is -0.391. The number of hydrogen-bond donors (Lipinski definition) is 1. The van der Waals surface area contributed by atoms with Crippen LogP contribution in [-0.4, -0.2) is 45.3 Å². The van der Waals surface area contributed by atoms with Gasteiger partial charge in [0.2, 0.25) is 5.91 Å². The molecule has 0 atom stereocenters. The summed E-state index contributed by atoms with van der Waals surface area (Å²) in [7, 11) is 1.58. The number of benzene rings is 1. The van der Waals surface area contributed by atoms with Gasteiger partial charge in [0, 0.05) is 25.0 Å². The molecule has 3 aromatic rings. The molecule has 9 nitrogen and oxygen atoms in total. The van der Waals surface area contributed by atoms with Crippen molar-refractivity contribution in [2.24, 2.45) is 0 Å². The minimum absolute atomic E-state index is 0.187. The lowest BCUT2D eigenvalue weighted by atomic mass is 10.1. The number of carbonyl (C=O) groups is 1. The van der Waals surface area contributed by atoms with Crippen LogP contribution in [0, 0.1) is 0 Å². The van der Waals surface area contributed by atoms with Crippen molar-refractivity contribution in [1.82, 2.24) is 19.2 Å². The van der Waals surface area contributed by atoms with Gasteiger partial charge in [0.15, 0.2) is 0 Å². The van der Waals surface area contributed by atoms with Crippen molar-refractivity contribution in [3.8, 4) is 5.75 Å². The Labute approximate surface area is 161 Å². The van der Waals surface area contributed by atoms with Crippen LogP contribution < -0.4 is 20.6 Å². The molecule has 1 aliphatic heterocycles. The number of hydrogen-bond acceptors (Lipinski definition) is 6. The summed E-state index contributed by atoms with van der Waals surface area (Å²) in [6, 6.07) is 8.78. The Morgan fingerprint density at radius 3 is 2.61 bits per heavy atom. The highest BCUT2D eigenvalue weighted by Gasteiger charge is 2.16. The van der Waals surface area contributed by atoms with Gasteiger partial charge in [-0.1, -0.05) is 0 Å². The average Bonchev–Trinajstić information content (AvgIpc) is 3.04. The molecule has 0 unspecified atom stereocenters. The van der Waals surface area contributed by atoms with E-state index in [0.29, 0.717) is 17.2 Å². The van der Waals surface area contributed by atoms with Crippen LogP contribution in [0.1, 0.15) is 19.3 Å². The Morgan fingerprint density at radius 2 is 1.89 bits per heavy atom. The number of carbonyl (C=O) groups excluding carboxylic acids is 1. The summed E-state index contributed by atoms with van der Waals surface area (Å²) >= 11 is 0. The highest BCUT2D eigenvalue weighted by Crippen LogP contribution is 2.17.